The molecule has 30 heavy (non-hydrogen) atoms. The molecule has 3 rings (SSSR count). The largest absolute Gasteiger partial charge is 0.871 e. The summed E-state index contributed by atoms with van der Waals surface area (Å²) in [7, 11) is 0. The molecule has 1 aliphatic rings. The van der Waals surface area contributed by atoms with E-state index in [0.717, 1.165) is 18.2 Å². The summed E-state index contributed by atoms with van der Waals surface area (Å²) in [5.41, 5.74) is -0.376. The zero-order chi connectivity index (χ0) is 22.0. The second-order valence-corrected chi connectivity index (χ2v) is 7.70. The molecule has 1 saturated heterocycles. The molecule has 0 atom stereocenters. The van der Waals surface area contributed by atoms with Gasteiger partial charge in [-0.2, -0.15) is 0 Å². The molecule has 0 aliphatic carbocycles. The number of halogens is 2. The first-order valence-electron chi connectivity index (χ1n) is 8.12. The lowest BCUT2D eigenvalue weighted by Gasteiger charge is -2.16. The van der Waals surface area contributed by atoms with Gasteiger partial charge in [0.05, 0.1) is 9.83 Å². The Morgan fingerprint density at radius 2 is 1.87 bits per heavy atom. The zero-order valence-electron chi connectivity index (χ0n) is 14.8. The van der Waals surface area contributed by atoms with Crippen molar-refractivity contribution in [1.29, 1.82) is 0 Å². The number of nitro benzene ring substituents is 1. The molecule has 2 aromatic carbocycles. The molecule has 0 aromatic heterocycles. The fourth-order valence-corrected chi connectivity index (χ4v) is 3.81. The maximum atomic E-state index is 12.5. The highest BCUT2D eigenvalue weighted by atomic mass is 35.5. The number of imide groups is 1. The molecule has 2 aromatic rings. The third-order valence-corrected chi connectivity index (χ3v) is 5.47. The van der Waals surface area contributed by atoms with Gasteiger partial charge in [-0.1, -0.05) is 41.1 Å². The SMILES string of the molecule is O=C(CN1C(=O)S/C(=C\c2c(Cl)cccc2Cl)C1=O)Nc1cc([N+](=O)[O-])ccc1[O-]. The van der Waals surface area contributed by atoms with E-state index in [9.17, 15) is 29.6 Å². The molecule has 9 nitrogen and oxygen atoms in total. The van der Waals surface area contributed by atoms with Gasteiger partial charge in [0.25, 0.3) is 16.8 Å². The lowest BCUT2D eigenvalue weighted by atomic mass is 10.2. The Morgan fingerprint density at radius 1 is 1.20 bits per heavy atom. The van der Waals surface area contributed by atoms with Crippen LogP contribution in [0.15, 0.2) is 41.3 Å². The van der Waals surface area contributed by atoms with Crippen LogP contribution in [0.25, 0.3) is 6.08 Å². The van der Waals surface area contributed by atoms with Crippen LogP contribution in [-0.2, 0) is 9.59 Å². The van der Waals surface area contributed by atoms with E-state index in [1.54, 1.807) is 18.2 Å². The predicted molar refractivity (Wildman–Crippen MR) is 110 cm³/mol. The summed E-state index contributed by atoms with van der Waals surface area (Å²) in [6, 6.07) is 7.58. The molecular weight excluding hydrogens is 457 g/mol. The van der Waals surface area contributed by atoms with E-state index in [-0.39, 0.29) is 20.6 Å². The number of anilines is 1. The number of rotatable bonds is 5. The van der Waals surface area contributed by atoms with E-state index < -0.39 is 40.0 Å². The van der Waals surface area contributed by atoms with Crippen molar-refractivity contribution in [2.45, 2.75) is 0 Å². The van der Waals surface area contributed by atoms with Crippen LogP contribution in [-0.4, -0.2) is 33.4 Å². The van der Waals surface area contributed by atoms with Crippen LogP contribution >= 0.6 is 35.0 Å². The average molecular weight is 467 g/mol. The maximum Gasteiger partial charge on any atom is 0.294 e. The van der Waals surface area contributed by atoms with E-state index in [2.05, 4.69) is 5.32 Å². The van der Waals surface area contributed by atoms with Crippen molar-refractivity contribution < 1.29 is 24.4 Å². The molecule has 154 valence electrons. The monoisotopic (exact) mass is 466 g/mol. The van der Waals surface area contributed by atoms with Crippen LogP contribution in [0, 0.1) is 10.1 Å². The Bertz CT molecular complexity index is 1100. The summed E-state index contributed by atoms with van der Waals surface area (Å²) >= 11 is 12.7. The lowest BCUT2D eigenvalue weighted by molar-refractivity contribution is -0.385. The van der Waals surface area contributed by atoms with Gasteiger partial charge in [0.2, 0.25) is 5.91 Å². The van der Waals surface area contributed by atoms with Gasteiger partial charge in [-0.3, -0.25) is 29.4 Å². The van der Waals surface area contributed by atoms with Crippen LogP contribution < -0.4 is 10.4 Å². The van der Waals surface area contributed by atoms with Gasteiger partial charge in [0.1, 0.15) is 6.54 Å². The number of hydrogen-bond acceptors (Lipinski definition) is 7. The molecule has 1 heterocycles. The van der Waals surface area contributed by atoms with Crippen LogP contribution in [0.2, 0.25) is 10.0 Å². The highest BCUT2D eigenvalue weighted by molar-refractivity contribution is 8.18. The lowest BCUT2D eigenvalue weighted by Crippen LogP contribution is -2.36. The topological polar surface area (TPSA) is 133 Å². The van der Waals surface area contributed by atoms with Crippen molar-refractivity contribution in [2.24, 2.45) is 0 Å². The molecule has 0 bridgehead atoms. The summed E-state index contributed by atoms with van der Waals surface area (Å²) in [6.45, 7) is -0.680. The second kappa shape index (κ2) is 8.74. The number of benzene rings is 2. The average Bonchev–Trinajstić information content (AvgIpc) is 2.93. The van der Waals surface area contributed by atoms with Crippen molar-refractivity contribution in [3.05, 3.63) is 67.0 Å². The number of nitrogens with zero attached hydrogens (tertiary/aromatic N) is 2. The van der Waals surface area contributed by atoms with Crippen LogP contribution in [0.1, 0.15) is 5.56 Å². The number of non-ortho nitro benzene ring substituents is 1. The highest BCUT2D eigenvalue weighted by Gasteiger charge is 2.36. The quantitative estimate of drug-likeness (QED) is 0.403. The molecule has 0 unspecified atom stereocenters. The Morgan fingerprint density at radius 3 is 2.50 bits per heavy atom. The number of carbonyl (C=O) groups excluding carboxylic acids is 3. The van der Waals surface area contributed by atoms with Crippen LogP contribution in [0.5, 0.6) is 5.75 Å². The van der Waals surface area contributed by atoms with Gasteiger partial charge in [-0.05, 0) is 30.0 Å². The molecule has 1 aliphatic heterocycles. The number of nitro groups is 1. The second-order valence-electron chi connectivity index (χ2n) is 5.89. The van der Waals surface area contributed by atoms with Crippen molar-refractivity contribution in [2.75, 3.05) is 11.9 Å². The normalized spacial score (nSPS) is 15.0. The Kier molecular flexibility index (Phi) is 6.30. The zero-order valence-corrected chi connectivity index (χ0v) is 17.1. The third kappa shape index (κ3) is 4.56. The van der Waals surface area contributed by atoms with Crippen molar-refractivity contribution in [1.82, 2.24) is 4.90 Å². The van der Waals surface area contributed by atoms with E-state index in [1.165, 1.54) is 6.08 Å². The summed E-state index contributed by atoms with van der Waals surface area (Å²) in [4.78, 5) is 47.7. The van der Waals surface area contributed by atoms with E-state index in [4.69, 9.17) is 23.2 Å². The maximum absolute atomic E-state index is 12.5. The van der Waals surface area contributed by atoms with Crippen LogP contribution in [0.4, 0.5) is 16.2 Å². The minimum absolute atomic E-state index is 0.0164. The third-order valence-electron chi connectivity index (χ3n) is 3.90. The van der Waals surface area contributed by atoms with E-state index in [0.29, 0.717) is 22.2 Å². The summed E-state index contributed by atoms with van der Waals surface area (Å²) in [6.07, 6.45) is 1.35. The van der Waals surface area contributed by atoms with Gasteiger partial charge in [0.15, 0.2) is 0 Å². The number of nitrogens with one attached hydrogen (secondary N) is 1. The molecule has 3 amide bonds. The van der Waals surface area contributed by atoms with Crippen molar-refractivity contribution >= 4 is 69.5 Å². The predicted octanol–water partition coefficient (Wildman–Crippen LogP) is 3.65. The molecule has 1 fully saturated rings. The van der Waals surface area contributed by atoms with Gasteiger partial charge < -0.3 is 10.4 Å². The smallest absolute Gasteiger partial charge is 0.294 e. The molecule has 0 radical (unpaired) electrons. The van der Waals surface area contributed by atoms with Crippen molar-refractivity contribution in [3.8, 4) is 5.75 Å². The van der Waals surface area contributed by atoms with Gasteiger partial charge in [-0.15, -0.1) is 0 Å². The first kappa shape index (κ1) is 21.6. The first-order valence-corrected chi connectivity index (χ1v) is 9.69. The standard InChI is InChI=1S/C18H11Cl2N3O6S/c19-11-2-1-3-12(20)10(11)7-15-17(26)22(18(27)30-15)8-16(25)21-13-6-9(23(28)29)4-5-14(13)24/h1-7,24H,8H2,(H,21,25)/p-1/b15-7-. The van der Waals surface area contributed by atoms with E-state index >= 15 is 0 Å². The first-order chi connectivity index (χ1) is 14.2. The molecule has 12 heteroatoms. The number of amides is 3. The van der Waals surface area contributed by atoms with Gasteiger partial charge >= 0.3 is 0 Å². The Balaban J connectivity index is 1.76. The molecule has 0 spiro atoms. The van der Waals surface area contributed by atoms with Gasteiger partial charge in [0, 0.05) is 33.4 Å². The fraction of sp³-hybridized carbons (Fsp3) is 0.0556. The van der Waals surface area contributed by atoms with Gasteiger partial charge in [-0.25, -0.2) is 0 Å². The van der Waals surface area contributed by atoms with Crippen molar-refractivity contribution in [3.63, 3.8) is 0 Å². The summed E-state index contributed by atoms with van der Waals surface area (Å²) in [5, 5.41) is 24.6. The minimum atomic E-state index is -0.869. The number of thioether (sulfide) groups is 1. The summed E-state index contributed by atoms with van der Waals surface area (Å²) < 4.78 is 0. The Labute approximate surface area is 183 Å². The van der Waals surface area contributed by atoms with Crippen LogP contribution in [0.3, 0.4) is 0 Å². The minimum Gasteiger partial charge on any atom is -0.871 e. The molecular formula is C18H10Cl2N3O6S-. The molecule has 0 saturated carbocycles. The Hall–Kier alpha value is -3.08. The number of hydrogen-bond donors (Lipinski definition) is 1. The summed E-state index contributed by atoms with van der Waals surface area (Å²) in [5.74, 6) is -2.26. The highest BCUT2D eigenvalue weighted by Crippen LogP contribution is 2.35. The fourth-order valence-electron chi connectivity index (χ4n) is 2.48. The van der Waals surface area contributed by atoms with E-state index in [1.807, 2.05) is 0 Å². The molecule has 1 N–H and O–H groups in total. The number of carbonyl (C=O) groups is 3.